The van der Waals surface area contributed by atoms with Crippen molar-refractivity contribution in [3.05, 3.63) is 47.8 Å². The Hall–Kier alpha value is -3.20. The number of hydrogen-bond acceptors (Lipinski definition) is 5. The third kappa shape index (κ3) is 3.83. The first kappa shape index (κ1) is 16.7. The van der Waals surface area contributed by atoms with Crippen LogP contribution in [0.3, 0.4) is 0 Å². The van der Waals surface area contributed by atoms with Crippen LogP contribution >= 0.6 is 0 Å². The molecule has 0 aliphatic carbocycles. The minimum Gasteiger partial charge on any atom is -0.497 e. The lowest BCUT2D eigenvalue weighted by Gasteiger charge is -2.04. The van der Waals surface area contributed by atoms with Crippen LogP contribution in [-0.4, -0.2) is 30.7 Å². The fourth-order valence-corrected chi connectivity index (χ4v) is 2.72. The van der Waals surface area contributed by atoms with Gasteiger partial charge in [0, 0.05) is 36.0 Å². The molecule has 0 fully saturated rings. The van der Waals surface area contributed by atoms with Gasteiger partial charge in [0.25, 0.3) is 0 Å². The number of anilines is 1. The van der Waals surface area contributed by atoms with Crippen molar-refractivity contribution >= 4 is 16.7 Å². The smallest absolute Gasteiger partial charge is 0.131 e. The summed E-state index contributed by atoms with van der Waals surface area (Å²) in [4.78, 5) is 7.62. The predicted molar refractivity (Wildman–Crippen MR) is 97.2 cm³/mol. The lowest BCUT2D eigenvalue weighted by Crippen LogP contribution is -2.04. The zero-order valence-electron chi connectivity index (χ0n) is 14.3. The van der Waals surface area contributed by atoms with Crippen LogP contribution in [0.2, 0.25) is 0 Å². The van der Waals surface area contributed by atoms with Gasteiger partial charge in [-0.15, -0.1) is 0 Å². The van der Waals surface area contributed by atoms with Crippen molar-refractivity contribution in [2.24, 2.45) is 0 Å². The Kier molecular flexibility index (Phi) is 5.05. The summed E-state index contributed by atoms with van der Waals surface area (Å²) in [5.41, 5.74) is 2.72. The number of H-pyrrole nitrogens is 1. The Bertz CT molecular complexity index is 894. The minimum absolute atomic E-state index is 0.563. The molecule has 0 unspecified atom stereocenters. The average molecular weight is 336 g/mol. The predicted octanol–water partition coefficient (Wildman–Crippen LogP) is 3.50. The number of hydrogen-bond donors (Lipinski definition) is 2. The van der Waals surface area contributed by atoms with Gasteiger partial charge in [-0.25, -0.2) is 4.98 Å². The number of nitrogens with zero attached hydrogens (tertiary/aromatic N) is 2. The summed E-state index contributed by atoms with van der Waals surface area (Å²) in [6, 6.07) is 11.6. The van der Waals surface area contributed by atoms with E-state index in [-0.39, 0.29) is 0 Å². The molecular weight excluding hydrogens is 316 g/mol. The van der Waals surface area contributed by atoms with Crippen molar-refractivity contribution in [2.45, 2.75) is 12.8 Å². The zero-order chi connectivity index (χ0) is 17.6. The van der Waals surface area contributed by atoms with Crippen molar-refractivity contribution in [1.29, 1.82) is 5.26 Å². The largest absolute Gasteiger partial charge is 0.497 e. The molecule has 0 aliphatic rings. The maximum atomic E-state index is 8.77. The molecule has 2 N–H and O–H groups in total. The van der Waals surface area contributed by atoms with Crippen LogP contribution in [0.1, 0.15) is 17.7 Å². The number of rotatable bonds is 7. The first-order chi connectivity index (χ1) is 12.2. The Morgan fingerprint density at radius 1 is 1.20 bits per heavy atom. The molecule has 0 atom stereocenters. The van der Waals surface area contributed by atoms with Crippen LogP contribution in [0.4, 0.5) is 5.82 Å². The lowest BCUT2D eigenvalue weighted by atomic mass is 10.2. The molecule has 3 rings (SSSR count). The summed E-state index contributed by atoms with van der Waals surface area (Å²) in [6.07, 6.45) is 3.43. The quantitative estimate of drug-likeness (QED) is 0.645. The molecule has 0 saturated heterocycles. The van der Waals surface area contributed by atoms with Gasteiger partial charge < -0.3 is 19.8 Å². The van der Waals surface area contributed by atoms with E-state index >= 15 is 0 Å². The van der Waals surface area contributed by atoms with Crippen LogP contribution in [0.5, 0.6) is 11.5 Å². The zero-order valence-corrected chi connectivity index (χ0v) is 14.3. The fraction of sp³-hybridized carbons (Fsp3) is 0.263. The molecule has 6 nitrogen and oxygen atoms in total. The highest BCUT2D eigenvalue weighted by Gasteiger charge is 2.09. The van der Waals surface area contributed by atoms with E-state index in [1.54, 1.807) is 26.5 Å². The SMILES string of the molecule is COc1cc(OC)c2cc(CCCNc3ccc(C#N)cn3)[nH]c2c1. The molecule has 0 aliphatic heterocycles. The van der Waals surface area contributed by atoms with Crippen molar-refractivity contribution in [3.8, 4) is 17.6 Å². The number of methoxy groups -OCH3 is 2. The third-order valence-corrected chi connectivity index (χ3v) is 4.01. The van der Waals surface area contributed by atoms with Crippen LogP contribution in [0.15, 0.2) is 36.5 Å². The molecule has 2 heterocycles. The van der Waals surface area contributed by atoms with Gasteiger partial charge >= 0.3 is 0 Å². The molecular formula is C19H20N4O2. The number of nitriles is 1. The molecule has 0 bridgehead atoms. The van der Waals surface area contributed by atoms with Gasteiger partial charge in [-0.2, -0.15) is 5.26 Å². The Labute approximate surface area is 146 Å². The minimum atomic E-state index is 0.563. The third-order valence-electron chi connectivity index (χ3n) is 4.01. The van der Waals surface area contributed by atoms with E-state index in [4.69, 9.17) is 14.7 Å². The van der Waals surface area contributed by atoms with Gasteiger partial charge in [0.1, 0.15) is 23.4 Å². The number of aromatic nitrogens is 2. The Morgan fingerprint density at radius 2 is 2.08 bits per heavy atom. The first-order valence-electron chi connectivity index (χ1n) is 8.07. The molecule has 128 valence electrons. The van der Waals surface area contributed by atoms with E-state index in [1.165, 1.54) is 0 Å². The number of ether oxygens (including phenoxy) is 2. The molecule has 0 spiro atoms. The number of aromatic amines is 1. The van der Waals surface area contributed by atoms with Gasteiger partial charge in [-0.1, -0.05) is 0 Å². The van der Waals surface area contributed by atoms with E-state index in [0.29, 0.717) is 5.56 Å². The normalized spacial score (nSPS) is 10.4. The number of pyridine rings is 1. The van der Waals surface area contributed by atoms with Gasteiger partial charge in [0.2, 0.25) is 0 Å². The van der Waals surface area contributed by atoms with E-state index < -0.39 is 0 Å². The van der Waals surface area contributed by atoms with Crippen molar-refractivity contribution in [3.63, 3.8) is 0 Å². The molecule has 0 saturated carbocycles. The van der Waals surface area contributed by atoms with Crippen LogP contribution in [-0.2, 0) is 6.42 Å². The number of fused-ring (bicyclic) bond motifs is 1. The van der Waals surface area contributed by atoms with Crippen LogP contribution in [0, 0.1) is 11.3 Å². The highest BCUT2D eigenvalue weighted by molar-refractivity contribution is 5.88. The molecule has 0 radical (unpaired) electrons. The summed E-state index contributed by atoms with van der Waals surface area (Å²) in [5.74, 6) is 2.35. The maximum absolute atomic E-state index is 8.77. The second-order valence-electron chi connectivity index (χ2n) is 5.66. The lowest BCUT2D eigenvalue weighted by molar-refractivity contribution is 0.398. The molecule has 3 aromatic rings. The Morgan fingerprint density at radius 3 is 2.76 bits per heavy atom. The number of aryl methyl sites for hydroxylation is 1. The summed E-state index contributed by atoms with van der Waals surface area (Å²) in [7, 11) is 3.31. The second-order valence-corrected chi connectivity index (χ2v) is 5.66. The summed E-state index contributed by atoms with van der Waals surface area (Å²) in [6.45, 7) is 0.800. The van der Waals surface area contributed by atoms with E-state index in [9.17, 15) is 0 Å². The fourth-order valence-electron chi connectivity index (χ4n) is 2.72. The summed E-state index contributed by atoms with van der Waals surface area (Å²) in [5, 5.41) is 13.1. The molecule has 25 heavy (non-hydrogen) atoms. The highest BCUT2D eigenvalue weighted by atomic mass is 16.5. The van der Waals surface area contributed by atoms with Gasteiger partial charge in [-0.05, 0) is 31.0 Å². The van der Waals surface area contributed by atoms with Crippen molar-refractivity contribution in [2.75, 3.05) is 26.1 Å². The van der Waals surface area contributed by atoms with Crippen LogP contribution in [0.25, 0.3) is 10.9 Å². The topological polar surface area (TPSA) is 83.0 Å². The molecule has 2 aromatic heterocycles. The van der Waals surface area contributed by atoms with Crippen molar-refractivity contribution < 1.29 is 9.47 Å². The molecule has 0 amide bonds. The van der Waals surface area contributed by atoms with E-state index in [0.717, 1.165) is 53.3 Å². The summed E-state index contributed by atoms with van der Waals surface area (Å²) >= 11 is 0. The number of nitrogens with one attached hydrogen (secondary N) is 2. The highest BCUT2D eigenvalue weighted by Crippen LogP contribution is 2.31. The first-order valence-corrected chi connectivity index (χ1v) is 8.07. The second kappa shape index (κ2) is 7.58. The van der Waals surface area contributed by atoms with E-state index in [1.807, 2.05) is 18.2 Å². The number of benzene rings is 1. The van der Waals surface area contributed by atoms with Gasteiger partial charge in [0.05, 0.1) is 25.3 Å². The van der Waals surface area contributed by atoms with Crippen molar-refractivity contribution in [1.82, 2.24) is 9.97 Å². The van der Waals surface area contributed by atoms with Crippen LogP contribution < -0.4 is 14.8 Å². The van der Waals surface area contributed by atoms with E-state index in [2.05, 4.69) is 27.4 Å². The monoisotopic (exact) mass is 336 g/mol. The standard InChI is InChI=1S/C19H20N4O2/c1-24-15-9-17-16(18(10-15)25-2)8-14(23-17)4-3-7-21-19-6-5-13(11-20)12-22-19/h5-6,8-10,12,23H,3-4,7H2,1-2H3,(H,21,22). The summed E-state index contributed by atoms with van der Waals surface area (Å²) < 4.78 is 10.7. The Balaban J connectivity index is 1.60. The van der Waals surface area contributed by atoms with Gasteiger partial charge in [0.15, 0.2) is 0 Å². The maximum Gasteiger partial charge on any atom is 0.131 e. The average Bonchev–Trinajstić information content (AvgIpc) is 3.07. The molecule has 1 aromatic carbocycles. The van der Waals surface area contributed by atoms with Gasteiger partial charge in [-0.3, -0.25) is 0 Å². The molecule has 6 heteroatoms.